The van der Waals surface area contributed by atoms with Crippen molar-refractivity contribution in [3.05, 3.63) is 36.0 Å². The zero-order valence-electron chi connectivity index (χ0n) is 14.0. The van der Waals surface area contributed by atoms with Gasteiger partial charge in [0.15, 0.2) is 0 Å². The molecule has 1 aliphatic heterocycles. The van der Waals surface area contributed by atoms with Gasteiger partial charge in [0.2, 0.25) is 11.8 Å². The molecule has 6 heteroatoms. The van der Waals surface area contributed by atoms with Crippen molar-refractivity contribution in [1.29, 1.82) is 0 Å². The number of amides is 2. The minimum absolute atomic E-state index is 0.0507. The highest BCUT2D eigenvalue weighted by molar-refractivity contribution is 5.98. The van der Waals surface area contributed by atoms with E-state index in [1.165, 1.54) is 0 Å². The van der Waals surface area contributed by atoms with Crippen molar-refractivity contribution in [1.82, 2.24) is 14.8 Å². The quantitative estimate of drug-likeness (QED) is 0.846. The van der Waals surface area contributed by atoms with E-state index < -0.39 is 0 Å². The number of rotatable bonds is 2. The molecule has 1 saturated heterocycles. The summed E-state index contributed by atoms with van der Waals surface area (Å²) in [6, 6.07) is 9.50. The molecule has 0 saturated carbocycles. The lowest BCUT2D eigenvalue weighted by molar-refractivity contribution is -0.128. The highest BCUT2D eigenvalue weighted by Gasteiger charge is 2.23. The van der Waals surface area contributed by atoms with E-state index >= 15 is 0 Å². The maximum absolute atomic E-state index is 12.8. The number of hydrogen-bond donors (Lipinski definition) is 0. The third-order valence-electron chi connectivity index (χ3n) is 4.35. The fraction of sp³-hybridized carbons (Fsp3) is 0.389. The molecular formula is C18H21N3O3. The van der Waals surface area contributed by atoms with Crippen molar-refractivity contribution in [2.45, 2.75) is 13.3 Å². The molecule has 1 aromatic carbocycles. The number of benzene rings is 1. The van der Waals surface area contributed by atoms with Gasteiger partial charge in [0.25, 0.3) is 5.91 Å². The van der Waals surface area contributed by atoms with E-state index in [1.54, 1.807) is 29.9 Å². The number of aromatic nitrogens is 1. The van der Waals surface area contributed by atoms with Gasteiger partial charge < -0.3 is 14.5 Å². The lowest BCUT2D eigenvalue weighted by Gasteiger charge is -2.21. The number of nitrogens with zero attached hydrogens (tertiary/aromatic N) is 3. The number of methoxy groups -OCH3 is 1. The molecule has 3 rings (SSSR count). The fourth-order valence-electron chi connectivity index (χ4n) is 3.03. The maximum Gasteiger partial charge on any atom is 0.272 e. The molecule has 0 N–H and O–H groups in total. The molecule has 2 amide bonds. The molecule has 2 heterocycles. The second kappa shape index (κ2) is 6.86. The third-order valence-corrected chi connectivity index (χ3v) is 4.35. The van der Waals surface area contributed by atoms with E-state index in [-0.39, 0.29) is 11.8 Å². The standard InChI is InChI=1S/C18H21N3O3/c1-13(22)20-8-5-9-21(11-10-20)18(23)16-12-14-6-3-4-7-15(14)17(19-16)24-2/h3-4,6-7,12H,5,8-11H2,1-2H3. The molecule has 1 fully saturated rings. The van der Waals surface area contributed by atoms with Gasteiger partial charge in [0.1, 0.15) is 5.69 Å². The van der Waals surface area contributed by atoms with Crippen molar-refractivity contribution < 1.29 is 14.3 Å². The second-order valence-corrected chi connectivity index (χ2v) is 5.89. The van der Waals surface area contributed by atoms with Crippen LogP contribution in [0, 0.1) is 0 Å². The van der Waals surface area contributed by atoms with Crippen molar-refractivity contribution in [2.75, 3.05) is 33.3 Å². The first-order valence-electron chi connectivity index (χ1n) is 8.08. The average molecular weight is 327 g/mol. The van der Waals surface area contributed by atoms with Crippen LogP contribution in [0.5, 0.6) is 5.88 Å². The topological polar surface area (TPSA) is 62.7 Å². The first-order chi connectivity index (χ1) is 11.6. The Hall–Kier alpha value is -2.63. The van der Waals surface area contributed by atoms with Crippen LogP contribution in [0.25, 0.3) is 10.8 Å². The summed E-state index contributed by atoms with van der Waals surface area (Å²) in [6.07, 6.45) is 0.774. The molecule has 2 aromatic rings. The largest absolute Gasteiger partial charge is 0.481 e. The van der Waals surface area contributed by atoms with Crippen LogP contribution in [0.4, 0.5) is 0 Å². The van der Waals surface area contributed by atoms with Crippen molar-refractivity contribution in [3.8, 4) is 5.88 Å². The van der Waals surface area contributed by atoms with Crippen LogP contribution in [0.3, 0.4) is 0 Å². The van der Waals surface area contributed by atoms with Crippen molar-refractivity contribution in [3.63, 3.8) is 0 Å². The van der Waals surface area contributed by atoms with Gasteiger partial charge in [-0.05, 0) is 23.9 Å². The SMILES string of the molecule is COc1nc(C(=O)N2CCCN(C(C)=O)CC2)cc2ccccc12. The molecular weight excluding hydrogens is 306 g/mol. The van der Waals surface area contributed by atoms with Crippen molar-refractivity contribution >= 4 is 22.6 Å². The summed E-state index contributed by atoms with van der Waals surface area (Å²) in [5.41, 5.74) is 0.377. The van der Waals surface area contributed by atoms with Gasteiger partial charge in [0.05, 0.1) is 7.11 Å². The Morgan fingerprint density at radius 1 is 1.08 bits per heavy atom. The van der Waals surface area contributed by atoms with Crippen molar-refractivity contribution in [2.24, 2.45) is 0 Å². The first-order valence-corrected chi connectivity index (χ1v) is 8.08. The monoisotopic (exact) mass is 327 g/mol. The molecule has 1 aliphatic rings. The smallest absolute Gasteiger partial charge is 0.272 e. The Labute approximate surface area is 141 Å². The van der Waals surface area contributed by atoms with Crippen LogP contribution >= 0.6 is 0 Å². The summed E-state index contributed by atoms with van der Waals surface area (Å²) >= 11 is 0. The predicted octanol–water partition coefficient (Wildman–Crippen LogP) is 1.94. The summed E-state index contributed by atoms with van der Waals surface area (Å²) in [5.74, 6) is 0.385. The molecule has 24 heavy (non-hydrogen) atoms. The summed E-state index contributed by atoms with van der Waals surface area (Å²) in [4.78, 5) is 32.3. The van der Waals surface area contributed by atoms with E-state index in [2.05, 4.69) is 4.98 Å². The Kier molecular flexibility index (Phi) is 4.64. The number of pyridine rings is 1. The first kappa shape index (κ1) is 16.2. The van der Waals surface area contributed by atoms with Gasteiger partial charge in [-0.2, -0.15) is 0 Å². The number of hydrogen-bond acceptors (Lipinski definition) is 4. The summed E-state index contributed by atoms with van der Waals surface area (Å²) in [7, 11) is 1.56. The molecule has 0 bridgehead atoms. The van der Waals surface area contributed by atoms with Gasteiger partial charge >= 0.3 is 0 Å². The summed E-state index contributed by atoms with van der Waals surface area (Å²) in [5, 5.41) is 1.81. The summed E-state index contributed by atoms with van der Waals surface area (Å²) < 4.78 is 5.34. The average Bonchev–Trinajstić information content (AvgIpc) is 2.86. The number of fused-ring (bicyclic) bond motifs is 1. The van der Waals surface area contributed by atoms with Crippen LogP contribution in [-0.4, -0.2) is 59.9 Å². The molecule has 0 aliphatic carbocycles. The highest BCUT2D eigenvalue weighted by atomic mass is 16.5. The van der Waals surface area contributed by atoms with Crippen LogP contribution in [0.1, 0.15) is 23.8 Å². The van der Waals surface area contributed by atoms with E-state index in [4.69, 9.17) is 4.74 Å². The lowest BCUT2D eigenvalue weighted by Crippen LogP contribution is -2.36. The van der Waals surface area contributed by atoms with E-state index in [9.17, 15) is 9.59 Å². The Morgan fingerprint density at radius 2 is 1.79 bits per heavy atom. The minimum atomic E-state index is -0.121. The summed E-state index contributed by atoms with van der Waals surface area (Å²) in [6.45, 7) is 3.96. The number of carbonyl (C=O) groups is 2. The number of ether oxygens (including phenoxy) is 1. The predicted molar refractivity (Wildman–Crippen MR) is 91.1 cm³/mol. The van der Waals surface area contributed by atoms with Crippen LogP contribution < -0.4 is 4.74 Å². The van der Waals surface area contributed by atoms with E-state index in [0.717, 1.165) is 17.2 Å². The molecule has 1 aromatic heterocycles. The maximum atomic E-state index is 12.8. The van der Waals surface area contributed by atoms with Gasteiger partial charge in [-0.25, -0.2) is 4.98 Å². The zero-order valence-corrected chi connectivity index (χ0v) is 14.0. The van der Waals surface area contributed by atoms with Gasteiger partial charge in [-0.1, -0.05) is 18.2 Å². The Bertz CT molecular complexity index is 775. The Balaban J connectivity index is 1.87. The molecule has 0 atom stereocenters. The second-order valence-electron chi connectivity index (χ2n) is 5.89. The molecule has 0 spiro atoms. The number of carbonyl (C=O) groups excluding carboxylic acids is 2. The van der Waals surface area contributed by atoms with Crippen LogP contribution in [0.15, 0.2) is 30.3 Å². The zero-order chi connectivity index (χ0) is 17.1. The van der Waals surface area contributed by atoms with Gasteiger partial charge in [0, 0.05) is 38.5 Å². The van der Waals surface area contributed by atoms with Crippen LogP contribution in [0.2, 0.25) is 0 Å². The van der Waals surface area contributed by atoms with E-state index in [0.29, 0.717) is 37.8 Å². The Morgan fingerprint density at radius 3 is 2.54 bits per heavy atom. The molecule has 126 valence electrons. The highest BCUT2D eigenvalue weighted by Crippen LogP contribution is 2.24. The third kappa shape index (κ3) is 3.18. The minimum Gasteiger partial charge on any atom is -0.481 e. The fourth-order valence-corrected chi connectivity index (χ4v) is 3.03. The van der Waals surface area contributed by atoms with E-state index in [1.807, 2.05) is 24.3 Å². The molecule has 0 unspecified atom stereocenters. The lowest BCUT2D eigenvalue weighted by atomic mass is 10.1. The molecule has 6 nitrogen and oxygen atoms in total. The normalized spacial score (nSPS) is 15.2. The molecule has 0 radical (unpaired) electrons. The van der Waals surface area contributed by atoms with Gasteiger partial charge in [-0.3, -0.25) is 9.59 Å². The van der Waals surface area contributed by atoms with Crippen LogP contribution in [-0.2, 0) is 4.79 Å². The van der Waals surface area contributed by atoms with Gasteiger partial charge in [-0.15, -0.1) is 0 Å².